The van der Waals surface area contributed by atoms with Crippen LogP contribution in [0.25, 0.3) is 0 Å². The van der Waals surface area contributed by atoms with Gasteiger partial charge in [0.2, 0.25) is 0 Å². The number of hydrogen-bond acceptors (Lipinski definition) is 2. The zero-order valence-electron chi connectivity index (χ0n) is 8.08. The Morgan fingerprint density at radius 1 is 1.54 bits per heavy atom. The quantitative estimate of drug-likeness (QED) is 0.457. The summed E-state index contributed by atoms with van der Waals surface area (Å²) in [6.45, 7) is 7.26. The second-order valence-corrected chi connectivity index (χ2v) is 4.55. The van der Waals surface area contributed by atoms with Crippen molar-refractivity contribution in [1.29, 1.82) is 0 Å². The number of thiol groups is 1. The van der Waals surface area contributed by atoms with Gasteiger partial charge in [-0.25, -0.2) is 0 Å². The Bertz CT molecular complexity index is 132. The monoisotopic (exact) mass is 204 g/mol. The SMILES string of the molecule is C.C=CC.CC1(S)CCCCC1O. The maximum absolute atomic E-state index is 9.36. The number of rotatable bonds is 0. The molecule has 0 aromatic carbocycles. The maximum Gasteiger partial charge on any atom is 0.0681 e. The highest BCUT2D eigenvalue weighted by molar-refractivity contribution is 7.81. The Balaban J connectivity index is 0. The molecule has 1 aliphatic rings. The van der Waals surface area contributed by atoms with Gasteiger partial charge >= 0.3 is 0 Å². The van der Waals surface area contributed by atoms with Gasteiger partial charge in [-0.05, 0) is 26.7 Å². The third kappa shape index (κ3) is 6.17. The average Bonchev–Trinajstić information content (AvgIpc) is 1.97. The molecule has 0 amide bonds. The summed E-state index contributed by atoms with van der Waals surface area (Å²) in [7, 11) is 0. The first kappa shape index (κ1) is 15.5. The highest BCUT2D eigenvalue weighted by Gasteiger charge is 2.31. The summed E-state index contributed by atoms with van der Waals surface area (Å²) < 4.78 is -0.113. The van der Waals surface area contributed by atoms with Gasteiger partial charge in [0, 0.05) is 4.75 Å². The van der Waals surface area contributed by atoms with E-state index in [0.29, 0.717) is 0 Å². The molecule has 1 fully saturated rings. The molecule has 1 rings (SSSR count). The molecule has 80 valence electrons. The molecule has 0 aromatic heterocycles. The van der Waals surface area contributed by atoms with Crippen molar-refractivity contribution in [2.24, 2.45) is 0 Å². The second kappa shape index (κ2) is 7.45. The summed E-state index contributed by atoms with van der Waals surface area (Å²) in [6.07, 6.45) is 5.93. The van der Waals surface area contributed by atoms with Crippen LogP contribution in [0.2, 0.25) is 0 Å². The highest BCUT2D eigenvalue weighted by Crippen LogP contribution is 2.32. The Morgan fingerprint density at radius 2 is 2.00 bits per heavy atom. The van der Waals surface area contributed by atoms with Gasteiger partial charge in [0.25, 0.3) is 0 Å². The van der Waals surface area contributed by atoms with Crippen LogP contribution in [0.15, 0.2) is 12.7 Å². The van der Waals surface area contributed by atoms with Crippen LogP contribution in [0.4, 0.5) is 0 Å². The minimum Gasteiger partial charge on any atom is -0.392 e. The van der Waals surface area contributed by atoms with Crippen molar-refractivity contribution in [3.8, 4) is 0 Å². The van der Waals surface area contributed by atoms with E-state index in [4.69, 9.17) is 0 Å². The summed E-state index contributed by atoms with van der Waals surface area (Å²) in [5.74, 6) is 0. The van der Waals surface area contributed by atoms with Crippen molar-refractivity contribution >= 4 is 12.6 Å². The Morgan fingerprint density at radius 3 is 2.23 bits per heavy atom. The van der Waals surface area contributed by atoms with Gasteiger partial charge in [0.05, 0.1) is 6.10 Å². The molecule has 0 spiro atoms. The van der Waals surface area contributed by atoms with E-state index in [1.165, 1.54) is 6.42 Å². The molecule has 2 atom stereocenters. The van der Waals surface area contributed by atoms with Crippen molar-refractivity contribution in [2.75, 3.05) is 0 Å². The minimum atomic E-state index is -0.186. The Labute approximate surface area is 88.7 Å². The first-order valence-corrected chi connectivity index (χ1v) is 4.97. The first-order valence-electron chi connectivity index (χ1n) is 4.52. The first-order chi connectivity index (χ1) is 5.54. The lowest BCUT2D eigenvalue weighted by molar-refractivity contribution is 0.0991. The molecule has 0 radical (unpaired) electrons. The molecule has 1 saturated carbocycles. The molecule has 1 aliphatic carbocycles. The third-order valence-electron chi connectivity index (χ3n) is 2.13. The number of allylic oxidation sites excluding steroid dienone is 1. The van der Waals surface area contributed by atoms with Crippen molar-refractivity contribution in [3.63, 3.8) is 0 Å². The lowest BCUT2D eigenvalue weighted by Gasteiger charge is -2.33. The van der Waals surface area contributed by atoms with E-state index >= 15 is 0 Å². The van der Waals surface area contributed by atoms with Gasteiger partial charge in [-0.3, -0.25) is 0 Å². The predicted octanol–water partition coefficient (Wildman–Crippen LogP) is 3.44. The van der Waals surface area contributed by atoms with Crippen molar-refractivity contribution in [2.45, 2.75) is 57.8 Å². The van der Waals surface area contributed by atoms with Gasteiger partial charge in [0.15, 0.2) is 0 Å². The lowest BCUT2D eigenvalue weighted by atomic mass is 9.87. The fourth-order valence-electron chi connectivity index (χ4n) is 1.30. The van der Waals surface area contributed by atoms with Crippen LogP contribution in [-0.4, -0.2) is 16.0 Å². The molecular weight excluding hydrogens is 180 g/mol. The van der Waals surface area contributed by atoms with E-state index in [9.17, 15) is 5.11 Å². The van der Waals surface area contributed by atoms with Crippen LogP contribution in [0.5, 0.6) is 0 Å². The predicted molar refractivity (Wildman–Crippen MR) is 64.5 cm³/mol. The number of hydrogen-bond donors (Lipinski definition) is 2. The van der Waals surface area contributed by atoms with Crippen molar-refractivity contribution in [1.82, 2.24) is 0 Å². The zero-order valence-corrected chi connectivity index (χ0v) is 8.98. The summed E-state index contributed by atoms with van der Waals surface area (Å²) in [5.41, 5.74) is 0. The minimum absolute atomic E-state index is 0. The van der Waals surface area contributed by atoms with E-state index in [0.717, 1.165) is 19.3 Å². The largest absolute Gasteiger partial charge is 0.392 e. The smallest absolute Gasteiger partial charge is 0.0681 e. The van der Waals surface area contributed by atoms with E-state index in [1.54, 1.807) is 6.08 Å². The second-order valence-electron chi connectivity index (χ2n) is 3.53. The summed E-state index contributed by atoms with van der Waals surface area (Å²) in [4.78, 5) is 0. The lowest BCUT2D eigenvalue weighted by Crippen LogP contribution is -2.36. The van der Waals surface area contributed by atoms with Crippen LogP contribution in [0.1, 0.15) is 47.0 Å². The van der Waals surface area contributed by atoms with E-state index in [-0.39, 0.29) is 18.3 Å². The van der Waals surface area contributed by atoms with Gasteiger partial charge in [-0.1, -0.05) is 26.3 Å². The summed E-state index contributed by atoms with van der Waals surface area (Å²) in [5, 5.41) is 9.36. The molecule has 0 heterocycles. The normalized spacial score (nSPS) is 32.2. The molecular formula is C11H24OS. The van der Waals surface area contributed by atoms with Crippen LogP contribution in [0.3, 0.4) is 0 Å². The van der Waals surface area contributed by atoms with E-state index < -0.39 is 0 Å². The molecule has 0 bridgehead atoms. The topological polar surface area (TPSA) is 20.2 Å². The third-order valence-corrected chi connectivity index (χ3v) is 2.65. The number of aliphatic hydroxyl groups excluding tert-OH is 1. The molecule has 0 aromatic rings. The zero-order chi connectivity index (χ0) is 9.61. The summed E-state index contributed by atoms with van der Waals surface area (Å²) in [6, 6.07) is 0. The van der Waals surface area contributed by atoms with Gasteiger partial charge in [0.1, 0.15) is 0 Å². The van der Waals surface area contributed by atoms with Gasteiger partial charge in [-0.2, -0.15) is 12.6 Å². The van der Waals surface area contributed by atoms with Crippen molar-refractivity contribution in [3.05, 3.63) is 12.7 Å². The average molecular weight is 204 g/mol. The Kier molecular flexibility index (Phi) is 8.90. The van der Waals surface area contributed by atoms with Crippen molar-refractivity contribution < 1.29 is 5.11 Å². The molecule has 1 nitrogen and oxygen atoms in total. The fourth-order valence-corrected chi connectivity index (χ4v) is 1.59. The maximum atomic E-state index is 9.36. The summed E-state index contributed by atoms with van der Waals surface area (Å²) >= 11 is 4.36. The van der Waals surface area contributed by atoms with E-state index in [2.05, 4.69) is 19.2 Å². The Hall–Kier alpha value is 0.0500. The molecule has 2 unspecified atom stereocenters. The molecule has 1 N–H and O–H groups in total. The standard InChI is InChI=1S/C7H14OS.C3H6.CH4/c1-7(9)5-3-2-4-6(7)8;1-3-2;/h6,8-9H,2-5H2,1H3;3H,1H2,2H3;1H4. The number of aliphatic hydroxyl groups is 1. The molecule has 0 aliphatic heterocycles. The molecule has 0 saturated heterocycles. The van der Waals surface area contributed by atoms with Crippen LogP contribution >= 0.6 is 12.6 Å². The van der Waals surface area contributed by atoms with Gasteiger partial charge < -0.3 is 5.11 Å². The van der Waals surface area contributed by atoms with Crippen LogP contribution < -0.4 is 0 Å². The molecule has 13 heavy (non-hydrogen) atoms. The van der Waals surface area contributed by atoms with Crippen LogP contribution in [-0.2, 0) is 0 Å². The van der Waals surface area contributed by atoms with Gasteiger partial charge in [-0.15, -0.1) is 6.58 Å². The fraction of sp³-hybridized carbons (Fsp3) is 0.818. The highest BCUT2D eigenvalue weighted by atomic mass is 32.1. The van der Waals surface area contributed by atoms with E-state index in [1.807, 2.05) is 13.8 Å². The molecule has 2 heteroatoms. The van der Waals surface area contributed by atoms with Crippen LogP contribution in [0, 0.1) is 0 Å².